The van der Waals surface area contributed by atoms with Crippen LogP contribution in [0.3, 0.4) is 0 Å². The highest BCUT2D eigenvalue weighted by atomic mass is 16.3. The SMILES string of the molecule is CC(CCN(C)C)NC(=O)NCC(O)Cc1ccccc1. The van der Waals surface area contributed by atoms with Gasteiger partial charge in [0.05, 0.1) is 6.10 Å². The fraction of sp³-hybridized carbons (Fsp3) is 0.562. The lowest BCUT2D eigenvalue weighted by Crippen LogP contribution is -2.44. The fourth-order valence-electron chi connectivity index (χ4n) is 1.97. The second-order valence-electron chi connectivity index (χ2n) is 5.69. The minimum absolute atomic E-state index is 0.110. The largest absolute Gasteiger partial charge is 0.391 e. The van der Waals surface area contributed by atoms with Crippen LogP contribution in [0.25, 0.3) is 0 Å². The smallest absolute Gasteiger partial charge is 0.315 e. The third kappa shape index (κ3) is 8.32. The van der Waals surface area contributed by atoms with E-state index < -0.39 is 6.10 Å². The molecule has 2 atom stereocenters. The first-order valence-electron chi connectivity index (χ1n) is 7.38. The van der Waals surface area contributed by atoms with E-state index in [1.54, 1.807) is 0 Å². The summed E-state index contributed by atoms with van der Waals surface area (Å²) in [6, 6.07) is 9.63. The summed E-state index contributed by atoms with van der Waals surface area (Å²) in [6.45, 7) is 3.16. The number of nitrogens with one attached hydrogen (secondary N) is 2. The Morgan fingerprint density at radius 3 is 2.57 bits per heavy atom. The van der Waals surface area contributed by atoms with E-state index in [0.717, 1.165) is 18.5 Å². The van der Waals surface area contributed by atoms with E-state index in [-0.39, 0.29) is 18.6 Å². The Bertz CT molecular complexity index is 409. The van der Waals surface area contributed by atoms with Crippen molar-refractivity contribution in [3.05, 3.63) is 35.9 Å². The van der Waals surface area contributed by atoms with E-state index in [2.05, 4.69) is 15.5 Å². The average Bonchev–Trinajstić information content (AvgIpc) is 2.44. The fourth-order valence-corrected chi connectivity index (χ4v) is 1.97. The number of urea groups is 1. The lowest BCUT2D eigenvalue weighted by molar-refractivity contribution is 0.170. The molecule has 0 aromatic heterocycles. The van der Waals surface area contributed by atoms with Crippen LogP contribution < -0.4 is 10.6 Å². The van der Waals surface area contributed by atoms with Crippen molar-refractivity contribution in [1.82, 2.24) is 15.5 Å². The van der Waals surface area contributed by atoms with E-state index in [9.17, 15) is 9.90 Å². The summed E-state index contributed by atoms with van der Waals surface area (Å²) in [5, 5.41) is 15.5. The van der Waals surface area contributed by atoms with E-state index >= 15 is 0 Å². The summed E-state index contributed by atoms with van der Waals surface area (Å²) >= 11 is 0. The highest BCUT2D eigenvalue weighted by Gasteiger charge is 2.10. The zero-order chi connectivity index (χ0) is 15.7. The zero-order valence-electron chi connectivity index (χ0n) is 13.2. The van der Waals surface area contributed by atoms with Gasteiger partial charge < -0.3 is 20.6 Å². The first-order valence-corrected chi connectivity index (χ1v) is 7.38. The number of aliphatic hydroxyl groups is 1. The first kappa shape index (κ1) is 17.5. The number of hydrogen-bond acceptors (Lipinski definition) is 3. The van der Waals surface area contributed by atoms with Crippen molar-refractivity contribution < 1.29 is 9.90 Å². The van der Waals surface area contributed by atoms with Crippen molar-refractivity contribution in [2.24, 2.45) is 0 Å². The molecule has 1 rings (SSSR count). The number of hydrogen-bond donors (Lipinski definition) is 3. The van der Waals surface area contributed by atoms with Crippen LogP contribution in [-0.2, 0) is 6.42 Å². The summed E-state index contributed by atoms with van der Waals surface area (Å²) in [4.78, 5) is 13.8. The molecule has 0 saturated carbocycles. The van der Waals surface area contributed by atoms with Gasteiger partial charge in [-0.25, -0.2) is 4.79 Å². The molecule has 0 aliphatic carbocycles. The summed E-state index contributed by atoms with van der Waals surface area (Å²) in [6.07, 6.45) is 0.861. The third-order valence-corrected chi connectivity index (χ3v) is 3.20. The van der Waals surface area contributed by atoms with Gasteiger partial charge in [-0.3, -0.25) is 0 Å². The molecule has 21 heavy (non-hydrogen) atoms. The average molecular weight is 293 g/mol. The van der Waals surface area contributed by atoms with E-state index in [0.29, 0.717) is 6.42 Å². The van der Waals surface area contributed by atoms with Crippen LogP contribution in [0.4, 0.5) is 4.79 Å². The molecule has 1 aromatic carbocycles. The van der Waals surface area contributed by atoms with E-state index in [1.807, 2.05) is 51.4 Å². The predicted octanol–water partition coefficient (Wildman–Crippen LogP) is 1.23. The van der Waals surface area contributed by atoms with Crippen LogP contribution in [0.2, 0.25) is 0 Å². The van der Waals surface area contributed by atoms with Crippen LogP contribution in [0.5, 0.6) is 0 Å². The molecule has 1 aromatic rings. The van der Waals surface area contributed by atoms with Gasteiger partial charge in [-0.15, -0.1) is 0 Å². The number of rotatable bonds is 8. The standard InChI is InChI=1S/C16H27N3O2/c1-13(9-10-19(2)3)18-16(21)17-12-15(20)11-14-7-5-4-6-8-14/h4-8,13,15,20H,9-12H2,1-3H3,(H2,17,18,21). The van der Waals surface area contributed by atoms with Crippen molar-refractivity contribution in [1.29, 1.82) is 0 Å². The number of aliphatic hydroxyl groups excluding tert-OH is 1. The monoisotopic (exact) mass is 293 g/mol. The molecule has 0 fully saturated rings. The van der Waals surface area contributed by atoms with Gasteiger partial charge in [0.15, 0.2) is 0 Å². The Morgan fingerprint density at radius 2 is 1.95 bits per heavy atom. The van der Waals surface area contributed by atoms with Gasteiger partial charge in [0, 0.05) is 19.0 Å². The molecule has 0 aliphatic rings. The number of carbonyl (C=O) groups excluding carboxylic acids is 1. The quantitative estimate of drug-likeness (QED) is 0.675. The minimum Gasteiger partial charge on any atom is -0.391 e. The molecule has 2 unspecified atom stereocenters. The highest BCUT2D eigenvalue weighted by molar-refractivity contribution is 5.74. The first-order chi connectivity index (χ1) is 9.97. The molecule has 2 amide bonds. The number of carbonyl (C=O) groups is 1. The van der Waals surface area contributed by atoms with Crippen molar-refractivity contribution >= 4 is 6.03 Å². The van der Waals surface area contributed by atoms with Gasteiger partial charge in [-0.05, 0) is 39.5 Å². The molecule has 0 heterocycles. The molecule has 0 bridgehead atoms. The molecular formula is C16H27N3O2. The van der Waals surface area contributed by atoms with Gasteiger partial charge in [0.2, 0.25) is 0 Å². The Hall–Kier alpha value is -1.59. The second kappa shape index (κ2) is 9.37. The Balaban J connectivity index is 2.20. The van der Waals surface area contributed by atoms with Crippen LogP contribution in [0.1, 0.15) is 18.9 Å². The van der Waals surface area contributed by atoms with Crippen LogP contribution in [0.15, 0.2) is 30.3 Å². The predicted molar refractivity (Wildman–Crippen MR) is 85.3 cm³/mol. The number of amides is 2. The van der Waals surface area contributed by atoms with Gasteiger partial charge in [0.25, 0.3) is 0 Å². The third-order valence-electron chi connectivity index (χ3n) is 3.20. The van der Waals surface area contributed by atoms with Gasteiger partial charge in [0.1, 0.15) is 0 Å². The number of benzene rings is 1. The lowest BCUT2D eigenvalue weighted by Gasteiger charge is -2.18. The minimum atomic E-state index is -0.574. The van der Waals surface area contributed by atoms with Crippen molar-refractivity contribution in [2.45, 2.75) is 31.9 Å². The van der Waals surface area contributed by atoms with Crippen molar-refractivity contribution in [3.8, 4) is 0 Å². The van der Waals surface area contributed by atoms with Crippen LogP contribution in [-0.4, -0.2) is 55.4 Å². The van der Waals surface area contributed by atoms with E-state index in [4.69, 9.17) is 0 Å². The molecule has 0 aliphatic heterocycles. The lowest BCUT2D eigenvalue weighted by atomic mass is 10.1. The normalized spacial score (nSPS) is 13.8. The maximum absolute atomic E-state index is 11.7. The molecule has 118 valence electrons. The maximum Gasteiger partial charge on any atom is 0.315 e. The van der Waals surface area contributed by atoms with Crippen LogP contribution in [0, 0.1) is 0 Å². The van der Waals surface area contributed by atoms with Gasteiger partial charge in [-0.2, -0.15) is 0 Å². The summed E-state index contributed by atoms with van der Waals surface area (Å²) in [5.41, 5.74) is 1.06. The molecular weight excluding hydrogens is 266 g/mol. The molecule has 0 saturated heterocycles. The summed E-state index contributed by atoms with van der Waals surface area (Å²) < 4.78 is 0. The Labute approximate surface area is 127 Å². The zero-order valence-corrected chi connectivity index (χ0v) is 13.2. The van der Waals surface area contributed by atoms with Crippen molar-refractivity contribution in [3.63, 3.8) is 0 Å². The van der Waals surface area contributed by atoms with Crippen molar-refractivity contribution in [2.75, 3.05) is 27.2 Å². The van der Waals surface area contributed by atoms with Gasteiger partial charge >= 0.3 is 6.03 Å². The molecule has 3 N–H and O–H groups in total. The van der Waals surface area contributed by atoms with Crippen LogP contribution >= 0.6 is 0 Å². The highest BCUT2D eigenvalue weighted by Crippen LogP contribution is 2.02. The van der Waals surface area contributed by atoms with E-state index in [1.165, 1.54) is 0 Å². The second-order valence-corrected chi connectivity index (χ2v) is 5.69. The molecule has 5 nitrogen and oxygen atoms in total. The summed E-state index contributed by atoms with van der Waals surface area (Å²) in [5.74, 6) is 0. The summed E-state index contributed by atoms with van der Waals surface area (Å²) in [7, 11) is 4.01. The Morgan fingerprint density at radius 1 is 1.29 bits per heavy atom. The Kier molecular flexibility index (Phi) is 7.79. The van der Waals surface area contributed by atoms with Gasteiger partial charge in [-0.1, -0.05) is 30.3 Å². The molecule has 0 spiro atoms. The molecule has 5 heteroatoms. The maximum atomic E-state index is 11.7. The number of nitrogens with zero attached hydrogens (tertiary/aromatic N) is 1. The topological polar surface area (TPSA) is 64.6 Å². The molecule has 0 radical (unpaired) electrons.